The second-order valence-electron chi connectivity index (χ2n) is 22.4. The van der Waals surface area contributed by atoms with Gasteiger partial charge in [-0.3, -0.25) is 0 Å². The van der Waals surface area contributed by atoms with Crippen LogP contribution in [0.2, 0.25) is 0 Å². The largest absolute Gasteiger partial charge is 0.311 e. The monoisotopic (exact) mass is 1120 g/mol. The minimum atomic E-state index is 0.0198. The predicted molar refractivity (Wildman–Crippen MR) is 362 cm³/mol. The van der Waals surface area contributed by atoms with Gasteiger partial charge in [-0.05, 0) is 112 Å². The molecule has 15 aromatic rings. The molecule has 17 rings (SSSR count). The van der Waals surface area contributed by atoms with Crippen LogP contribution in [0.3, 0.4) is 0 Å². The van der Waals surface area contributed by atoms with E-state index < -0.39 is 0 Å². The summed E-state index contributed by atoms with van der Waals surface area (Å²) in [6.45, 7) is 0.0198. The van der Waals surface area contributed by atoms with Crippen molar-refractivity contribution in [3.63, 3.8) is 0 Å². The molecule has 410 valence electrons. The third kappa shape index (κ3) is 8.58. The molecule has 0 amide bonds. The van der Waals surface area contributed by atoms with E-state index in [4.69, 9.17) is 24.9 Å². The number of nitrogens with zero attached hydrogens (tertiary/aromatic N) is 8. The Balaban J connectivity index is 0.859. The smallest absolute Gasteiger partial charge is 0.252 e. The van der Waals surface area contributed by atoms with Crippen LogP contribution in [0.25, 0.3) is 107 Å². The van der Waals surface area contributed by atoms with Gasteiger partial charge in [0.15, 0.2) is 23.3 Å². The van der Waals surface area contributed by atoms with E-state index in [1.54, 1.807) is 0 Å². The Hall–Kier alpha value is -11.8. The molecule has 0 spiro atoms. The van der Waals surface area contributed by atoms with Crippen LogP contribution in [-0.4, -0.2) is 36.2 Å². The highest BCUT2D eigenvalue weighted by molar-refractivity contribution is 7.00. The van der Waals surface area contributed by atoms with Crippen LogP contribution in [0, 0.1) is 0 Å². The van der Waals surface area contributed by atoms with Gasteiger partial charge in [0.05, 0.1) is 28.1 Å². The average Bonchev–Trinajstić information content (AvgIpc) is 0.921. The normalized spacial score (nSPS) is 12.2. The molecule has 8 nitrogen and oxygen atoms in total. The Morgan fingerprint density at radius 3 is 1.16 bits per heavy atom. The Labute approximate surface area is 509 Å². The zero-order valence-corrected chi connectivity index (χ0v) is 47.6. The highest BCUT2D eigenvalue weighted by Crippen LogP contribution is 2.47. The summed E-state index contributed by atoms with van der Waals surface area (Å²) in [6.07, 6.45) is 0. The molecule has 0 radical (unpaired) electrons. The number of hydrogen-bond acceptors (Lipinski definition) is 7. The van der Waals surface area contributed by atoms with Crippen molar-refractivity contribution in [3.8, 4) is 84.9 Å². The lowest BCUT2D eigenvalue weighted by Gasteiger charge is -2.44. The van der Waals surface area contributed by atoms with E-state index >= 15 is 0 Å². The summed E-state index contributed by atoms with van der Waals surface area (Å²) in [5, 5.41) is 2.31. The maximum atomic E-state index is 5.64. The van der Waals surface area contributed by atoms with E-state index in [0.717, 1.165) is 106 Å². The predicted octanol–water partition coefficient (Wildman–Crippen LogP) is 17.5. The molecule has 0 fully saturated rings. The second-order valence-corrected chi connectivity index (χ2v) is 22.4. The molecule has 5 heterocycles. The fourth-order valence-electron chi connectivity index (χ4n) is 13.2. The Bertz CT molecular complexity index is 4930. The molecular formula is C79H51BN8. The van der Waals surface area contributed by atoms with E-state index in [9.17, 15) is 0 Å². The first kappa shape index (κ1) is 50.7. The van der Waals surface area contributed by atoms with E-state index in [-0.39, 0.29) is 6.71 Å². The summed E-state index contributed by atoms with van der Waals surface area (Å²) in [7, 11) is 0. The van der Waals surface area contributed by atoms with Gasteiger partial charge in [-0.15, -0.1) is 0 Å². The third-order valence-electron chi connectivity index (χ3n) is 17.2. The lowest BCUT2D eigenvalue weighted by atomic mass is 9.33. The Morgan fingerprint density at radius 1 is 0.250 bits per heavy atom. The summed E-state index contributed by atoms with van der Waals surface area (Å²) in [6, 6.07) is 110. The number of anilines is 6. The highest BCUT2D eigenvalue weighted by Gasteiger charge is 2.43. The Morgan fingerprint density at radius 2 is 0.648 bits per heavy atom. The van der Waals surface area contributed by atoms with E-state index in [1.165, 1.54) is 27.8 Å². The van der Waals surface area contributed by atoms with Gasteiger partial charge in [-0.1, -0.05) is 224 Å². The lowest BCUT2D eigenvalue weighted by molar-refractivity contribution is 1.07. The number of fused-ring (bicyclic) bond motifs is 7. The minimum absolute atomic E-state index is 0.0198. The molecular weight excluding hydrogens is 1070 g/mol. The van der Waals surface area contributed by atoms with Gasteiger partial charge in [-0.25, -0.2) is 24.9 Å². The molecule has 2 aliphatic rings. The van der Waals surface area contributed by atoms with Gasteiger partial charge in [0.2, 0.25) is 0 Å². The molecule has 88 heavy (non-hydrogen) atoms. The minimum Gasteiger partial charge on any atom is -0.311 e. The first-order valence-corrected chi connectivity index (χ1v) is 29.8. The molecule has 0 saturated carbocycles. The van der Waals surface area contributed by atoms with Crippen LogP contribution in [0.1, 0.15) is 0 Å². The molecule has 0 aliphatic carbocycles. The number of benzene rings is 12. The summed E-state index contributed by atoms with van der Waals surface area (Å²) >= 11 is 0. The lowest BCUT2D eigenvalue weighted by Crippen LogP contribution is -2.61. The average molecular weight is 1120 g/mol. The maximum absolute atomic E-state index is 5.64. The molecule has 0 unspecified atom stereocenters. The summed E-state index contributed by atoms with van der Waals surface area (Å²) in [5.41, 5.74) is 22.9. The second kappa shape index (κ2) is 21.1. The van der Waals surface area contributed by atoms with Crippen molar-refractivity contribution in [2.24, 2.45) is 0 Å². The SMILES string of the molecule is c1ccc(-c2cc(-c3ccc(-c4cc5c6c(c4)N(c4ccccc4)c4ccccc4B6c4ccccc4N5c4ccccc4)cc3)nc(-c3cc(-c4nc(-c5ccccc5)nc(-c5ccccc5)n4)ccc3-n3c4ccccc4c4ccccc43)n2)cc1. The van der Waals surface area contributed by atoms with Crippen molar-refractivity contribution in [2.75, 3.05) is 9.80 Å². The zero-order valence-electron chi connectivity index (χ0n) is 47.6. The molecule has 2 aliphatic heterocycles. The van der Waals surface area contributed by atoms with Crippen LogP contribution in [0.5, 0.6) is 0 Å². The van der Waals surface area contributed by atoms with Crippen molar-refractivity contribution in [2.45, 2.75) is 0 Å². The van der Waals surface area contributed by atoms with Crippen molar-refractivity contribution in [1.82, 2.24) is 29.5 Å². The van der Waals surface area contributed by atoms with E-state index in [2.05, 4.69) is 257 Å². The zero-order chi connectivity index (χ0) is 58.1. The van der Waals surface area contributed by atoms with Gasteiger partial charge in [-0.2, -0.15) is 0 Å². The molecule has 0 bridgehead atoms. The first-order valence-electron chi connectivity index (χ1n) is 29.8. The van der Waals surface area contributed by atoms with E-state index in [1.807, 2.05) is 66.7 Å². The van der Waals surface area contributed by atoms with Crippen molar-refractivity contribution in [3.05, 3.63) is 309 Å². The number of aromatic nitrogens is 6. The number of hydrogen-bond donors (Lipinski definition) is 0. The molecule has 0 atom stereocenters. The van der Waals surface area contributed by atoms with Crippen LogP contribution in [0.4, 0.5) is 34.1 Å². The molecule has 12 aromatic carbocycles. The Kier molecular flexibility index (Phi) is 12.1. The van der Waals surface area contributed by atoms with Crippen molar-refractivity contribution in [1.29, 1.82) is 0 Å². The number of para-hydroxylation sites is 6. The summed E-state index contributed by atoms with van der Waals surface area (Å²) < 4.78 is 2.35. The van der Waals surface area contributed by atoms with E-state index in [0.29, 0.717) is 23.3 Å². The molecule has 0 N–H and O–H groups in total. The van der Waals surface area contributed by atoms with Gasteiger partial charge in [0, 0.05) is 78.3 Å². The standard InChI is InChI=1S/C79H51BN8/c1-6-24-53(25-7-1)66-51-67(54-44-42-52(43-45-54)58-49-73-75-74(50-58)87(60-32-14-5-15-33-60)72-41-23-19-37-65(72)80(75)64-36-18-22-40-71(64)86(73)59-30-12-4-13-31-59)82-79(81-66)63-48-57(46-47-70(63)88-68-38-20-16-34-61(68)62-35-17-21-39-69(62)88)78-84-76(55-26-8-2-9-27-55)83-77(85-78)56-28-10-3-11-29-56/h1-51H. The summed E-state index contributed by atoms with van der Waals surface area (Å²) in [5.74, 6) is 2.27. The van der Waals surface area contributed by atoms with Crippen molar-refractivity contribution < 1.29 is 0 Å². The van der Waals surface area contributed by atoms with Gasteiger partial charge in [0.25, 0.3) is 6.71 Å². The topological polar surface area (TPSA) is 75.9 Å². The summed E-state index contributed by atoms with van der Waals surface area (Å²) in [4.78, 5) is 31.6. The van der Waals surface area contributed by atoms with Gasteiger partial charge < -0.3 is 14.4 Å². The maximum Gasteiger partial charge on any atom is 0.252 e. The van der Waals surface area contributed by atoms with Crippen LogP contribution in [-0.2, 0) is 0 Å². The number of rotatable bonds is 10. The van der Waals surface area contributed by atoms with Crippen LogP contribution < -0.4 is 26.2 Å². The van der Waals surface area contributed by atoms with Gasteiger partial charge in [0.1, 0.15) is 0 Å². The molecule has 3 aromatic heterocycles. The first-order chi connectivity index (χ1) is 43.6. The molecule has 9 heteroatoms. The fourth-order valence-corrected chi connectivity index (χ4v) is 13.2. The fraction of sp³-hybridized carbons (Fsp3) is 0. The van der Waals surface area contributed by atoms with Crippen molar-refractivity contribution >= 4 is 79.0 Å². The highest BCUT2D eigenvalue weighted by atomic mass is 15.2. The van der Waals surface area contributed by atoms with Gasteiger partial charge >= 0.3 is 0 Å². The van der Waals surface area contributed by atoms with Crippen LogP contribution in [0.15, 0.2) is 309 Å². The van der Waals surface area contributed by atoms with Crippen LogP contribution >= 0.6 is 0 Å². The third-order valence-corrected chi connectivity index (χ3v) is 17.2. The quantitative estimate of drug-likeness (QED) is 0.126. The molecule has 0 saturated heterocycles.